The molecule has 1 atom stereocenters. The van der Waals surface area contributed by atoms with E-state index in [4.69, 9.17) is 10.2 Å². The first-order chi connectivity index (χ1) is 8.22. The van der Waals surface area contributed by atoms with Gasteiger partial charge in [0.25, 0.3) is 0 Å². The van der Waals surface area contributed by atoms with Crippen molar-refractivity contribution in [2.45, 2.75) is 25.4 Å². The molecule has 1 aliphatic rings. The van der Waals surface area contributed by atoms with Gasteiger partial charge in [0.2, 0.25) is 0 Å². The molecule has 1 unspecified atom stereocenters. The maximum Gasteiger partial charge on any atom is 0.337 e. The van der Waals surface area contributed by atoms with Crippen LogP contribution in [0.3, 0.4) is 0 Å². The molecule has 1 heterocycles. The van der Waals surface area contributed by atoms with Crippen LogP contribution in [0.2, 0.25) is 0 Å². The molecule has 1 fully saturated rings. The first-order valence-electron chi connectivity index (χ1n) is 5.88. The molecule has 0 bridgehead atoms. The van der Waals surface area contributed by atoms with Gasteiger partial charge in [-0.1, -0.05) is 36.8 Å². The van der Waals surface area contributed by atoms with Crippen molar-refractivity contribution in [3.05, 3.63) is 35.9 Å². The molecule has 0 aliphatic carbocycles. The first kappa shape index (κ1) is 13.7. The van der Waals surface area contributed by atoms with Gasteiger partial charge >= 0.3 is 5.97 Å². The molecule has 0 amide bonds. The highest BCUT2D eigenvalue weighted by Gasteiger charge is 2.14. The van der Waals surface area contributed by atoms with Crippen LogP contribution in [0.4, 0.5) is 0 Å². The van der Waals surface area contributed by atoms with Crippen molar-refractivity contribution in [2.75, 3.05) is 13.1 Å². The molecule has 0 saturated carbocycles. The third-order valence-electron chi connectivity index (χ3n) is 2.56. The van der Waals surface area contributed by atoms with E-state index in [1.165, 1.54) is 32.4 Å². The maximum absolute atomic E-state index is 10.2. The largest absolute Gasteiger partial charge is 0.479 e. The summed E-state index contributed by atoms with van der Waals surface area (Å²) in [4.78, 5) is 10.2. The Bertz CT molecular complexity index is 311. The van der Waals surface area contributed by atoms with E-state index in [2.05, 4.69) is 5.32 Å². The van der Waals surface area contributed by atoms with E-state index in [1.807, 2.05) is 0 Å². The molecule has 1 aromatic rings. The summed E-state index contributed by atoms with van der Waals surface area (Å²) in [5.74, 6) is -1.23. The number of rotatable bonds is 2. The Hall–Kier alpha value is -1.39. The van der Waals surface area contributed by atoms with Crippen LogP contribution in [0.25, 0.3) is 0 Å². The monoisotopic (exact) mass is 237 g/mol. The molecule has 17 heavy (non-hydrogen) atoms. The van der Waals surface area contributed by atoms with E-state index in [9.17, 15) is 4.79 Å². The minimum absolute atomic E-state index is 0.403. The summed E-state index contributed by atoms with van der Waals surface area (Å²) >= 11 is 0. The molecular formula is C13H19NO3. The number of nitrogens with one attached hydrogen (secondary N) is 1. The molecule has 1 saturated heterocycles. The van der Waals surface area contributed by atoms with Crippen molar-refractivity contribution in [1.29, 1.82) is 0 Å². The van der Waals surface area contributed by atoms with E-state index in [1.54, 1.807) is 30.3 Å². The molecule has 4 nitrogen and oxygen atoms in total. The molecule has 1 aliphatic heterocycles. The molecule has 3 N–H and O–H groups in total. The summed E-state index contributed by atoms with van der Waals surface area (Å²) in [7, 11) is 0. The molecular weight excluding hydrogens is 218 g/mol. The van der Waals surface area contributed by atoms with Gasteiger partial charge in [0, 0.05) is 0 Å². The number of carbonyl (C=O) groups is 1. The Balaban J connectivity index is 0.000000202. The van der Waals surface area contributed by atoms with E-state index in [0.29, 0.717) is 5.56 Å². The Labute approximate surface area is 101 Å². The lowest BCUT2D eigenvalue weighted by atomic mass is 10.1. The fourth-order valence-electron chi connectivity index (χ4n) is 1.58. The number of aliphatic hydroxyl groups excluding tert-OH is 1. The summed E-state index contributed by atoms with van der Waals surface area (Å²) in [5.41, 5.74) is 0.403. The molecule has 2 rings (SSSR count). The molecule has 94 valence electrons. The minimum Gasteiger partial charge on any atom is -0.479 e. The number of carboxylic acid groups (broad SMARTS) is 1. The summed E-state index contributed by atoms with van der Waals surface area (Å²) < 4.78 is 0. The van der Waals surface area contributed by atoms with Gasteiger partial charge in [-0.15, -0.1) is 0 Å². The van der Waals surface area contributed by atoms with Crippen LogP contribution in [-0.4, -0.2) is 29.3 Å². The number of aliphatic carboxylic acids is 1. The highest BCUT2D eigenvalue weighted by Crippen LogP contribution is 2.10. The van der Waals surface area contributed by atoms with Gasteiger partial charge in [-0.3, -0.25) is 0 Å². The maximum atomic E-state index is 10.2. The summed E-state index contributed by atoms with van der Waals surface area (Å²) in [6, 6.07) is 8.26. The minimum atomic E-state index is -1.41. The van der Waals surface area contributed by atoms with Crippen LogP contribution in [-0.2, 0) is 4.79 Å². The smallest absolute Gasteiger partial charge is 0.337 e. The van der Waals surface area contributed by atoms with Crippen molar-refractivity contribution in [3.8, 4) is 0 Å². The van der Waals surface area contributed by atoms with Crippen LogP contribution in [0.5, 0.6) is 0 Å². The highest BCUT2D eigenvalue weighted by atomic mass is 16.4. The lowest BCUT2D eigenvalue weighted by Gasteiger charge is -2.08. The van der Waals surface area contributed by atoms with Crippen molar-refractivity contribution < 1.29 is 15.0 Å². The van der Waals surface area contributed by atoms with Gasteiger partial charge in [0.15, 0.2) is 6.10 Å². The second-order valence-corrected chi connectivity index (χ2v) is 3.96. The Morgan fingerprint density at radius 3 is 2.06 bits per heavy atom. The number of piperidine rings is 1. The second kappa shape index (κ2) is 7.81. The van der Waals surface area contributed by atoms with Crippen molar-refractivity contribution >= 4 is 5.97 Å². The number of hydrogen-bond acceptors (Lipinski definition) is 3. The zero-order valence-electron chi connectivity index (χ0n) is 9.80. The van der Waals surface area contributed by atoms with Crippen LogP contribution < -0.4 is 5.32 Å². The first-order valence-corrected chi connectivity index (χ1v) is 5.88. The average molecular weight is 237 g/mol. The van der Waals surface area contributed by atoms with Crippen molar-refractivity contribution in [3.63, 3.8) is 0 Å². The predicted molar refractivity (Wildman–Crippen MR) is 65.8 cm³/mol. The summed E-state index contributed by atoms with van der Waals surface area (Å²) in [5, 5.41) is 20.7. The number of carboxylic acids is 1. The Kier molecular flexibility index (Phi) is 6.29. The van der Waals surface area contributed by atoms with Gasteiger partial charge in [0.05, 0.1) is 0 Å². The van der Waals surface area contributed by atoms with Crippen LogP contribution in [0.1, 0.15) is 30.9 Å². The molecule has 4 heteroatoms. The highest BCUT2D eigenvalue weighted by molar-refractivity contribution is 5.73. The zero-order valence-corrected chi connectivity index (χ0v) is 9.80. The lowest BCUT2D eigenvalue weighted by Crippen LogP contribution is -2.21. The van der Waals surface area contributed by atoms with Gasteiger partial charge in [-0.2, -0.15) is 0 Å². The molecule has 0 radical (unpaired) electrons. The molecule has 0 aromatic heterocycles. The SMILES string of the molecule is C1CCNCC1.O=C(O)C(O)c1ccccc1. The molecule has 1 aromatic carbocycles. The third-order valence-corrected chi connectivity index (χ3v) is 2.56. The predicted octanol–water partition coefficient (Wildman–Crippen LogP) is 1.56. The Morgan fingerprint density at radius 1 is 1.12 bits per heavy atom. The fraction of sp³-hybridized carbons (Fsp3) is 0.462. The van der Waals surface area contributed by atoms with Gasteiger partial charge in [-0.25, -0.2) is 4.79 Å². The Morgan fingerprint density at radius 2 is 1.71 bits per heavy atom. The van der Waals surface area contributed by atoms with E-state index < -0.39 is 12.1 Å². The van der Waals surface area contributed by atoms with Gasteiger partial charge < -0.3 is 15.5 Å². The summed E-state index contributed by atoms with van der Waals surface area (Å²) in [6.45, 7) is 2.50. The third kappa shape index (κ3) is 5.47. The standard InChI is InChI=1S/C8H8O3.C5H11N/c9-7(8(10)11)6-4-2-1-3-5-6;1-2-4-6-5-3-1/h1-5,7,9H,(H,10,11);6H,1-5H2. The normalized spacial score (nSPS) is 16.5. The van der Waals surface area contributed by atoms with Crippen molar-refractivity contribution in [1.82, 2.24) is 5.32 Å². The van der Waals surface area contributed by atoms with Crippen LogP contribution in [0.15, 0.2) is 30.3 Å². The van der Waals surface area contributed by atoms with E-state index >= 15 is 0 Å². The lowest BCUT2D eigenvalue weighted by molar-refractivity contribution is -0.146. The summed E-state index contributed by atoms with van der Waals surface area (Å²) in [6.07, 6.45) is 2.81. The van der Waals surface area contributed by atoms with Crippen molar-refractivity contribution in [2.24, 2.45) is 0 Å². The molecule has 0 spiro atoms. The second-order valence-electron chi connectivity index (χ2n) is 3.96. The van der Waals surface area contributed by atoms with E-state index in [0.717, 1.165) is 0 Å². The van der Waals surface area contributed by atoms with Crippen LogP contribution >= 0.6 is 0 Å². The average Bonchev–Trinajstić information content (AvgIpc) is 2.41. The fourth-order valence-corrected chi connectivity index (χ4v) is 1.58. The number of hydrogen-bond donors (Lipinski definition) is 3. The number of benzene rings is 1. The van der Waals surface area contributed by atoms with Crippen LogP contribution in [0, 0.1) is 0 Å². The van der Waals surface area contributed by atoms with Gasteiger partial charge in [0.1, 0.15) is 0 Å². The topological polar surface area (TPSA) is 69.6 Å². The quantitative estimate of drug-likeness (QED) is 0.730. The van der Waals surface area contributed by atoms with Gasteiger partial charge in [-0.05, 0) is 31.5 Å². The van der Waals surface area contributed by atoms with E-state index in [-0.39, 0.29) is 0 Å². The zero-order chi connectivity index (χ0) is 12.5. The number of aliphatic hydroxyl groups is 1.